The van der Waals surface area contributed by atoms with Crippen molar-refractivity contribution in [1.29, 1.82) is 0 Å². The van der Waals surface area contributed by atoms with Crippen LogP contribution in [0, 0.1) is 6.92 Å². The molecule has 0 unspecified atom stereocenters. The van der Waals surface area contributed by atoms with Crippen LogP contribution in [0.15, 0.2) is 47.4 Å². The smallest absolute Gasteiger partial charge is 0.405 e. The fraction of sp³-hybridized carbons (Fsp3) is 0.370. The van der Waals surface area contributed by atoms with E-state index in [2.05, 4.69) is 34.9 Å². The van der Waals surface area contributed by atoms with Gasteiger partial charge in [0.15, 0.2) is 0 Å². The summed E-state index contributed by atoms with van der Waals surface area (Å²) in [5.41, 5.74) is 1.01. The molecule has 0 aliphatic rings. The Morgan fingerprint density at radius 3 is 2.36 bits per heavy atom. The van der Waals surface area contributed by atoms with Crippen LogP contribution in [0.4, 0.5) is 10.6 Å². The summed E-state index contributed by atoms with van der Waals surface area (Å²) < 4.78 is 46.0. The van der Waals surface area contributed by atoms with Crippen molar-refractivity contribution in [3.05, 3.63) is 63.8 Å². The number of carboxylic acid groups (broad SMARTS) is 1. The standard InChI is InChI=1S/C27H34Cl2N4O7SSi/c1-17(31-27(34)35)19-10-12-20(13-11-19)40-25-18(2)30-24(26(32-25)38-3)33(16-39-14-15-42(4,5)6)41(36,37)22-9-7-8-21(28)23(22)29/h7-13,17,31H,14-16H2,1-6H3,(H,34,35)/t17-/m1/s1. The van der Waals surface area contributed by atoms with Crippen molar-refractivity contribution in [2.45, 2.75) is 50.5 Å². The first-order valence-electron chi connectivity index (χ1n) is 12.9. The Labute approximate surface area is 256 Å². The quantitative estimate of drug-likeness (QED) is 0.116. The maximum absolute atomic E-state index is 13.9. The highest BCUT2D eigenvalue weighted by Crippen LogP contribution is 2.37. The fourth-order valence-corrected chi connectivity index (χ4v) is 6.44. The van der Waals surface area contributed by atoms with Gasteiger partial charge in [0.05, 0.1) is 23.2 Å². The number of aromatic nitrogens is 2. The molecular formula is C27H34Cl2N4O7SSi. The molecule has 11 nitrogen and oxygen atoms in total. The molecule has 1 heterocycles. The zero-order valence-electron chi connectivity index (χ0n) is 24.1. The van der Waals surface area contributed by atoms with Crippen molar-refractivity contribution in [2.75, 3.05) is 24.8 Å². The lowest BCUT2D eigenvalue weighted by molar-refractivity contribution is 0.155. The number of sulfonamides is 1. The number of nitrogens with zero attached hydrogens (tertiary/aromatic N) is 3. The van der Waals surface area contributed by atoms with Crippen molar-refractivity contribution in [3.63, 3.8) is 0 Å². The Balaban J connectivity index is 1.99. The summed E-state index contributed by atoms with van der Waals surface area (Å²) in [5.74, 6) is 0.244. The summed E-state index contributed by atoms with van der Waals surface area (Å²) in [4.78, 5) is 19.6. The predicted octanol–water partition coefficient (Wildman–Crippen LogP) is 6.73. The highest BCUT2D eigenvalue weighted by molar-refractivity contribution is 7.93. The van der Waals surface area contributed by atoms with E-state index in [0.29, 0.717) is 12.4 Å². The van der Waals surface area contributed by atoms with Crippen molar-refractivity contribution in [3.8, 4) is 17.5 Å². The Hall–Kier alpha value is -3.10. The van der Waals surface area contributed by atoms with E-state index >= 15 is 0 Å². The summed E-state index contributed by atoms with van der Waals surface area (Å²) in [5, 5.41) is 11.3. The fourth-order valence-electron chi connectivity index (χ4n) is 3.65. The number of ether oxygens (including phenoxy) is 3. The van der Waals surface area contributed by atoms with Crippen molar-refractivity contribution in [2.24, 2.45) is 0 Å². The number of carbonyl (C=O) groups is 1. The Morgan fingerprint density at radius 2 is 1.76 bits per heavy atom. The second kappa shape index (κ2) is 13.9. The molecule has 3 aromatic rings. The zero-order chi connectivity index (χ0) is 31.2. The summed E-state index contributed by atoms with van der Waals surface area (Å²) in [6.07, 6.45) is -1.13. The van der Waals surface area contributed by atoms with Gasteiger partial charge >= 0.3 is 6.09 Å². The number of halogens is 2. The summed E-state index contributed by atoms with van der Waals surface area (Å²) in [6.45, 7) is 9.87. The van der Waals surface area contributed by atoms with Crippen molar-refractivity contribution in [1.82, 2.24) is 15.3 Å². The molecule has 3 rings (SSSR count). The van der Waals surface area contributed by atoms with Gasteiger partial charge in [0, 0.05) is 14.7 Å². The molecule has 0 radical (unpaired) electrons. The number of aryl methyl sites for hydroxylation is 1. The van der Waals surface area contributed by atoms with Crippen LogP contribution in [0.1, 0.15) is 24.2 Å². The molecule has 0 saturated heterocycles. The molecule has 0 aliphatic carbocycles. The van der Waals surface area contributed by atoms with Crippen LogP contribution < -0.4 is 19.1 Å². The molecule has 0 saturated carbocycles. The number of rotatable bonds is 13. The Bertz CT molecular complexity index is 1520. The second-order valence-corrected chi connectivity index (χ2v) is 18.8. The van der Waals surface area contributed by atoms with E-state index in [4.69, 9.17) is 42.5 Å². The minimum atomic E-state index is -4.33. The number of methoxy groups -OCH3 is 1. The molecule has 1 amide bonds. The molecule has 0 bridgehead atoms. The Morgan fingerprint density at radius 1 is 1.10 bits per heavy atom. The lowest BCUT2D eigenvalue weighted by Crippen LogP contribution is -2.35. The van der Waals surface area contributed by atoms with Gasteiger partial charge in [-0.3, -0.25) is 0 Å². The molecule has 2 N–H and O–H groups in total. The van der Waals surface area contributed by atoms with Gasteiger partial charge < -0.3 is 24.6 Å². The number of hydrogen-bond acceptors (Lipinski definition) is 8. The number of nitrogens with one attached hydrogen (secondary N) is 1. The largest absolute Gasteiger partial charge is 0.478 e. The average molecular weight is 658 g/mol. The Kier molecular flexibility index (Phi) is 11.1. The van der Waals surface area contributed by atoms with Gasteiger partial charge in [0.25, 0.3) is 15.9 Å². The van der Waals surface area contributed by atoms with Crippen LogP contribution >= 0.6 is 23.2 Å². The lowest BCUT2D eigenvalue weighted by Gasteiger charge is -2.26. The van der Waals surface area contributed by atoms with Crippen molar-refractivity contribution >= 4 is 53.2 Å². The summed E-state index contributed by atoms with van der Waals surface area (Å²) in [7, 11) is -4.45. The maximum Gasteiger partial charge on any atom is 0.405 e. The number of anilines is 1. The first-order valence-corrected chi connectivity index (χ1v) is 18.8. The second-order valence-electron chi connectivity index (χ2n) is 10.5. The van der Waals surface area contributed by atoms with Gasteiger partial charge in [-0.2, -0.15) is 4.98 Å². The SMILES string of the molecule is COc1nc(Oc2ccc([C@@H](C)NC(=O)O)cc2)c(C)nc1N(COCC[Si](C)(C)C)S(=O)(=O)c1cccc(Cl)c1Cl. The van der Waals surface area contributed by atoms with Crippen molar-refractivity contribution < 1.29 is 32.5 Å². The molecule has 0 spiro atoms. The lowest BCUT2D eigenvalue weighted by atomic mass is 10.1. The normalized spacial score (nSPS) is 12.5. The van der Waals surface area contributed by atoms with Gasteiger partial charge in [-0.1, -0.05) is 61.0 Å². The van der Waals surface area contributed by atoms with E-state index in [1.54, 1.807) is 38.1 Å². The van der Waals surface area contributed by atoms with Crippen LogP contribution in [0.25, 0.3) is 0 Å². The monoisotopic (exact) mass is 656 g/mol. The van der Waals surface area contributed by atoms with Gasteiger partial charge in [0.1, 0.15) is 23.1 Å². The van der Waals surface area contributed by atoms with Crippen LogP contribution in [-0.2, 0) is 14.8 Å². The number of amides is 1. The molecule has 15 heteroatoms. The molecule has 42 heavy (non-hydrogen) atoms. The third-order valence-corrected chi connectivity index (χ3v) is 10.4. The van der Waals surface area contributed by atoms with Gasteiger partial charge in [-0.05, 0) is 49.7 Å². The number of benzene rings is 2. The van der Waals surface area contributed by atoms with E-state index in [1.165, 1.54) is 25.3 Å². The van der Waals surface area contributed by atoms with E-state index in [0.717, 1.165) is 15.9 Å². The van der Waals surface area contributed by atoms with Gasteiger partial charge in [-0.25, -0.2) is 22.5 Å². The first kappa shape index (κ1) is 33.4. The van der Waals surface area contributed by atoms with Crippen LogP contribution in [0.2, 0.25) is 35.7 Å². The molecule has 0 aliphatic heterocycles. The summed E-state index contributed by atoms with van der Waals surface area (Å²) >= 11 is 12.5. The summed E-state index contributed by atoms with van der Waals surface area (Å²) in [6, 6.07) is 11.5. The molecule has 1 atom stereocenters. The predicted molar refractivity (Wildman–Crippen MR) is 165 cm³/mol. The van der Waals surface area contributed by atoms with Crippen LogP contribution in [0.5, 0.6) is 17.5 Å². The average Bonchev–Trinajstić information content (AvgIpc) is 2.90. The highest BCUT2D eigenvalue weighted by Gasteiger charge is 2.33. The minimum absolute atomic E-state index is 0.0782. The third-order valence-electron chi connectivity index (χ3n) is 6.03. The maximum atomic E-state index is 13.9. The molecule has 0 fully saturated rings. The molecule has 1 aromatic heterocycles. The van der Waals surface area contributed by atoms with E-state index in [-0.39, 0.29) is 44.9 Å². The first-order chi connectivity index (χ1) is 19.6. The van der Waals surface area contributed by atoms with Gasteiger partial charge in [0.2, 0.25) is 11.7 Å². The van der Waals surface area contributed by atoms with E-state index in [9.17, 15) is 13.2 Å². The minimum Gasteiger partial charge on any atom is -0.478 e. The van der Waals surface area contributed by atoms with E-state index < -0.39 is 30.2 Å². The van der Waals surface area contributed by atoms with Crippen LogP contribution in [0.3, 0.4) is 0 Å². The van der Waals surface area contributed by atoms with E-state index in [1.807, 2.05) is 0 Å². The van der Waals surface area contributed by atoms with Crippen LogP contribution in [-0.4, -0.2) is 58.1 Å². The molecule has 228 valence electrons. The molecular weight excluding hydrogens is 623 g/mol. The third kappa shape index (κ3) is 8.48. The molecule has 2 aromatic carbocycles. The zero-order valence-corrected chi connectivity index (χ0v) is 27.5. The number of hydrogen-bond donors (Lipinski definition) is 2. The van der Waals surface area contributed by atoms with Gasteiger partial charge in [-0.15, -0.1) is 0 Å². The highest BCUT2D eigenvalue weighted by atomic mass is 35.5. The topological polar surface area (TPSA) is 140 Å².